The smallest absolute Gasteiger partial charge is 0.412 e. The highest BCUT2D eigenvalue weighted by Crippen LogP contribution is 2.45. The van der Waals surface area contributed by atoms with Gasteiger partial charge in [0.1, 0.15) is 11.9 Å². The highest BCUT2D eigenvalue weighted by molar-refractivity contribution is 9.11. The molecule has 9 heteroatoms. The topological polar surface area (TPSA) is 120 Å². The number of hydrogen-bond acceptors (Lipinski definition) is 5. The van der Waals surface area contributed by atoms with E-state index in [1.165, 1.54) is 6.08 Å². The number of ether oxygens (including phenoxy) is 1. The number of rotatable bonds is 6. The molecule has 2 rings (SSSR count). The summed E-state index contributed by atoms with van der Waals surface area (Å²) in [4.78, 5) is 23.6. The van der Waals surface area contributed by atoms with Crippen LogP contribution in [-0.2, 0) is 9.53 Å². The molecule has 0 radical (unpaired) electrons. The number of carbonyl (C=O) groups excluding carboxylic acids is 1. The average molecular weight is 538 g/mol. The number of aromatic hydroxyl groups is 1. The van der Waals surface area contributed by atoms with Crippen LogP contribution in [0.2, 0.25) is 0 Å². The summed E-state index contributed by atoms with van der Waals surface area (Å²) < 4.78 is 6.63. The number of carboxylic acid groups (broad SMARTS) is 1. The van der Waals surface area contributed by atoms with Crippen LogP contribution >= 0.6 is 31.9 Å². The lowest BCUT2D eigenvalue weighted by Crippen LogP contribution is -2.28. The van der Waals surface area contributed by atoms with Crippen LogP contribution in [0.25, 0.3) is 0 Å². The average Bonchev–Trinajstić information content (AvgIpc) is 2.68. The molecule has 156 valence electrons. The molecule has 2 aromatic rings. The predicted octanol–water partition coefficient (Wildman–Crippen LogP) is 5.75. The van der Waals surface area contributed by atoms with Gasteiger partial charge in [0.25, 0.3) is 0 Å². The Morgan fingerprint density at radius 1 is 1.23 bits per heavy atom. The van der Waals surface area contributed by atoms with E-state index in [2.05, 4.69) is 37.2 Å². The molecule has 30 heavy (non-hydrogen) atoms. The van der Waals surface area contributed by atoms with Gasteiger partial charge >= 0.3 is 12.1 Å². The van der Waals surface area contributed by atoms with Gasteiger partial charge < -0.3 is 14.9 Å². The van der Waals surface area contributed by atoms with E-state index in [1.807, 2.05) is 6.07 Å². The van der Waals surface area contributed by atoms with Crippen LogP contribution in [0.15, 0.2) is 57.5 Å². The molecule has 0 fully saturated rings. The number of hydrogen-bond donors (Lipinski definition) is 3. The molecule has 0 aromatic heterocycles. The monoisotopic (exact) mass is 536 g/mol. The molecule has 0 bridgehead atoms. The predicted molar refractivity (Wildman–Crippen MR) is 118 cm³/mol. The van der Waals surface area contributed by atoms with E-state index in [0.29, 0.717) is 20.2 Å². The Kier molecular flexibility index (Phi) is 7.65. The van der Waals surface area contributed by atoms with Crippen molar-refractivity contribution in [2.45, 2.75) is 20.0 Å². The fourth-order valence-electron chi connectivity index (χ4n) is 2.66. The maximum atomic E-state index is 12.6. The lowest BCUT2D eigenvalue weighted by molar-refractivity contribution is -0.131. The summed E-state index contributed by atoms with van der Waals surface area (Å²) in [6.07, 6.45) is 0.514. The van der Waals surface area contributed by atoms with Crippen molar-refractivity contribution in [2.75, 3.05) is 5.32 Å². The Morgan fingerprint density at radius 3 is 2.43 bits per heavy atom. The second-order valence-corrected chi connectivity index (χ2v) is 8.69. The van der Waals surface area contributed by atoms with Crippen molar-refractivity contribution >= 4 is 49.6 Å². The third-order valence-electron chi connectivity index (χ3n) is 4.16. The minimum Gasteiger partial charge on any atom is -0.506 e. The number of phenolic OH excluding ortho intramolecular Hbond substituents is 1. The second-order valence-electron chi connectivity index (χ2n) is 6.92. The van der Waals surface area contributed by atoms with Crippen LogP contribution in [0, 0.1) is 16.7 Å². The summed E-state index contributed by atoms with van der Waals surface area (Å²) in [6, 6.07) is 11.4. The lowest BCUT2D eigenvalue weighted by atomic mass is 9.81. The Labute approximate surface area is 190 Å². The Hall–Kier alpha value is -2.83. The summed E-state index contributed by atoms with van der Waals surface area (Å²) >= 11 is 6.60. The number of carboxylic acids is 1. The number of benzene rings is 2. The normalized spacial score (nSPS) is 12.2. The molecule has 1 atom stereocenters. The third kappa shape index (κ3) is 6.08. The quantitative estimate of drug-likeness (QED) is 0.404. The molecule has 0 spiro atoms. The van der Waals surface area contributed by atoms with E-state index < -0.39 is 23.6 Å². The summed E-state index contributed by atoms with van der Waals surface area (Å²) in [5.74, 6) is -1.28. The molecule has 0 saturated carbocycles. The third-order valence-corrected chi connectivity index (χ3v) is 5.22. The van der Waals surface area contributed by atoms with E-state index in [4.69, 9.17) is 15.1 Å². The van der Waals surface area contributed by atoms with E-state index in [9.17, 15) is 14.7 Å². The van der Waals surface area contributed by atoms with Crippen LogP contribution in [0.5, 0.6) is 5.75 Å². The zero-order valence-electron chi connectivity index (χ0n) is 16.0. The molecular formula is C21H18Br2N2O5. The van der Waals surface area contributed by atoms with E-state index in [-0.39, 0.29) is 11.3 Å². The van der Waals surface area contributed by atoms with Gasteiger partial charge in [0.2, 0.25) is 0 Å². The number of nitriles is 1. The molecule has 1 amide bonds. The van der Waals surface area contributed by atoms with Crippen LogP contribution in [0.3, 0.4) is 0 Å². The molecule has 0 aliphatic heterocycles. The summed E-state index contributed by atoms with van der Waals surface area (Å²) in [5, 5.41) is 31.0. The highest BCUT2D eigenvalue weighted by atomic mass is 79.9. The van der Waals surface area contributed by atoms with Crippen molar-refractivity contribution in [3.8, 4) is 11.8 Å². The van der Waals surface area contributed by atoms with Crippen molar-refractivity contribution in [2.24, 2.45) is 5.41 Å². The van der Waals surface area contributed by atoms with Crippen LogP contribution in [-0.4, -0.2) is 22.3 Å². The first-order valence-corrected chi connectivity index (χ1v) is 10.2. The molecule has 2 aromatic carbocycles. The summed E-state index contributed by atoms with van der Waals surface area (Å²) in [5.41, 5.74) is 0.149. The Morgan fingerprint density at radius 2 is 1.87 bits per heavy atom. The second kappa shape index (κ2) is 9.78. The van der Waals surface area contributed by atoms with Crippen LogP contribution < -0.4 is 5.32 Å². The molecule has 3 N–H and O–H groups in total. The first-order valence-electron chi connectivity index (χ1n) is 8.61. The minimum absolute atomic E-state index is 0.133. The molecule has 7 nitrogen and oxygen atoms in total. The lowest BCUT2D eigenvalue weighted by Gasteiger charge is -2.32. The van der Waals surface area contributed by atoms with E-state index >= 15 is 0 Å². The van der Waals surface area contributed by atoms with Crippen molar-refractivity contribution in [1.82, 2.24) is 0 Å². The largest absolute Gasteiger partial charge is 0.506 e. The van der Waals surface area contributed by atoms with Crippen molar-refractivity contribution in [3.05, 3.63) is 68.6 Å². The minimum atomic E-state index is -1.15. The number of carbonyl (C=O) groups is 2. The van der Waals surface area contributed by atoms with Gasteiger partial charge in [0.15, 0.2) is 0 Å². The van der Waals surface area contributed by atoms with E-state index in [1.54, 1.807) is 50.2 Å². The van der Waals surface area contributed by atoms with Gasteiger partial charge in [0, 0.05) is 27.2 Å². The first-order chi connectivity index (χ1) is 14.0. The van der Waals surface area contributed by atoms with E-state index in [0.717, 1.165) is 6.08 Å². The Balaban J connectivity index is 2.39. The number of phenols is 1. The van der Waals surface area contributed by atoms with Gasteiger partial charge in [-0.15, -0.1) is 0 Å². The summed E-state index contributed by atoms with van der Waals surface area (Å²) in [7, 11) is 0. The molecular weight excluding hydrogens is 520 g/mol. The highest BCUT2D eigenvalue weighted by Gasteiger charge is 2.35. The molecule has 0 unspecified atom stereocenters. The SMILES string of the molecule is CC(C)(/C=C/C(=O)O)[C@H](OC(=O)Nc1ccc(C#N)cc1)c1cc(Br)cc(Br)c1O. The zero-order chi connectivity index (χ0) is 22.5. The number of aliphatic carboxylic acids is 1. The van der Waals surface area contributed by atoms with Gasteiger partial charge in [-0.2, -0.15) is 5.26 Å². The van der Waals surface area contributed by atoms with Gasteiger partial charge in [0.05, 0.1) is 16.1 Å². The van der Waals surface area contributed by atoms with Gasteiger partial charge in [-0.3, -0.25) is 5.32 Å². The first kappa shape index (κ1) is 23.4. The van der Waals surface area contributed by atoms with Gasteiger partial charge in [-0.05, 0) is 52.3 Å². The van der Waals surface area contributed by atoms with Gasteiger partial charge in [-0.25, -0.2) is 9.59 Å². The Bertz CT molecular complexity index is 1030. The molecule has 0 heterocycles. The van der Waals surface area contributed by atoms with Crippen molar-refractivity contribution in [3.63, 3.8) is 0 Å². The van der Waals surface area contributed by atoms with Crippen LogP contribution in [0.4, 0.5) is 10.5 Å². The fourth-order valence-corrected chi connectivity index (χ4v) is 3.92. The maximum Gasteiger partial charge on any atom is 0.412 e. The number of anilines is 1. The zero-order valence-corrected chi connectivity index (χ0v) is 19.2. The number of nitrogens with zero attached hydrogens (tertiary/aromatic N) is 1. The molecule has 0 saturated heterocycles. The molecule has 0 aliphatic carbocycles. The van der Waals surface area contributed by atoms with Crippen molar-refractivity contribution < 1.29 is 24.5 Å². The number of nitrogens with one attached hydrogen (secondary N) is 1. The van der Waals surface area contributed by atoms with Crippen LogP contribution in [0.1, 0.15) is 31.1 Å². The van der Waals surface area contributed by atoms with Crippen molar-refractivity contribution in [1.29, 1.82) is 5.26 Å². The number of amides is 1. The summed E-state index contributed by atoms with van der Waals surface area (Å²) in [6.45, 7) is 3.36. The number of halogens is 2. The fraction of sp³-hybridized carbons (Fsp3) is 0.190. The molecule has 0 aliphatic rings. The van der Waals surface area contributed by atoms with Gasteiger partial charge in [-0.1, -0.05) is 35.9 Å². The standard InChI is InChI=1S/C21H18Br2N2O5/c1-21(2,8-7-17(26)27)19(15-9-13(22)10-16(23)18(15)28)30-20(29)25-14-5-3-12(11-24)4-6-14/h3-10,19,28H,1-2H3,(H,25,29)(H,26,27)/b8-7+/t19-/m1/s1. The maximum absolute atomic E-state index is 12.6.